The van der Waals surface area contributed by atoms with Crippen molar-refractivity contribution in [1.82, 2.24) is 15.6 Å². The minimum Gasteiger partial charge on any atom is -0.489 e. The van der Waals surface area contributed by atoms with E-state index >= 15 is 0 Å². The van der Waals surface area contributed by atoms with Gasteiger partial charge in [0.05, 0.1) is 6.54 Å². The molecule has 138 valence electrons. The summed E-state index contributed by atoms with van der Waals surface area (Å²) in [4.78, 5) is 8.74. The third kappa shape index (κ3) is 6.76. The summed E-state index contributed by atoms with van der Waals surface area (Å²) in [5.74, 6) is 1.60. The van der Waals surface area contributed by atoms with Gasteiger partial charge in [-0.1, -0.05) is 48.5 Å². The van der Waals surface area contributed by atoms with Crippen molar-refractivity contribution >= 4 is 17.6 Å². The first kappa shape index (κ1) is 19.8. The van der Waals surface area contributed by atoms with E-state index in [-0.39, 0.29) is 0 Å². The van der Waals surface area contributed by atoms with Gasteiger partial charge in [0.25, 0.3) is 0 Å². The molecule has 1 heterocycles. The lowest BCUT2D eigenvalue weighted by molar-refractivity contribution is 0.359. The average Bonchev–Trinajstić information content (AvgIpc) is 2.66. The lowest BCUT2D eigenvalue weighted by Gasteiger charge is -2.12. The van der Waals surface area contributed by atoms with Crippen LogP contribution in [0.2, 0.25) is 5.15 Å². The smallest absolute Gasteiger partial charge is 0.191 e. The Morgan fingerprint density at radius 3 is 2.85 bits per heavy atom. The zero-order valence-electron chi connectivity index (χ0n) is 15.0. The summed E-state index contributed by atoms with van der Waals surface area (Å²) in [6.07, 6.45) is 4.37. The molecule has 6 heteroatoms. The molecular weight excluding hydrogens is 348 g/mol. The number of aliphatic imine (C=N–C) groups is 1. The van der Waals surface area contributed by atoms with Crippen LogP contribution in [0.1, 0.15) is 18.1 Å². The number of nitrogens with zero attached hydrogens (tertiary/aromatic N) is 2. The highest BCUT2D eigenvalue weighted by atomic mass is 35.5. The van der Waals surface area contributed by atoms with Crippen LogP contribution in [0.4, 0.5) is 0 Å². The molecule has 0 radical (unpaired) electrons. The van der Waals surface area contributed by atoms with E-state index < -0.39 is 0 Å². The molecule has 0 saturated heterocycles. The first-order chi connectivity index (χ1) is 12.7. The molecule has 0 aliphatic heterocycles. The molecule has 0 unspecified atom stereocenters. The molecule has 0 spiro atoms. The van der Waals surface area contributed by atoms with Gasteiger partial charge in [0.15, 0.2) is 5.96 Å². The molecule has 0 amide bonds. The highest BCUT2D eigenvalue weighted by Crippen LogP contribution is 2.18. The number of benzene rings is 1. The molecule has 0 fully saturated rings. The van der Waals surface area contributed by atoms with E-state index in [4.69, 9.17) is 16.3 Å². The summed E-state index contributed by atoms with van der Waals surface area (Å²) in [5, 5.41) is 7.10. The summed E-state index contributed by atoms with van der Waals surface area (Å²) in [6.45, 7) is 8.29. The maximum atomic E-state index is 5.81. The molecule has 1 aromatic heterocycles. The molecule has 0 bridgehead atoms. The summed E-state index contributed by atoms with van der Waals surface area (Å²) >= 11 is 5.81. The number of nitrogens with one attached hydrogen (secondary N) is 2. The monoisotopic (exact) mass is 372 g/mol. The Kier molecular flexibility index (Phi) is 8.49. The maximum absolute atomic E-state index is 5.81. The minimum absolute atomic E-state index is 0.480. The van der Waals surface area contributed by atoms with E-state index in [0.29, 0.717) is 18.3 Å². The number of hydrogen-bond donors (Lipinski definition) is 2. The maximum Gasteiger partial charge on any atom is 0.191 e. The third-order valence-corrected chi connectivity index (χ3v) is 3.80. The van der Waals surface area contributed by atoms with Crippen LogP contribution in [-0.2, 0) is 13.0 Å². The molecule has 5 nitrogen and oxygen atoms in total. The Bertz CT molecular complexity index is 716. The Balaban J connectivity index is 1.93. The SMILES string of the molecule is C=CCOc1ccccc1CN=C(NCC)NCCc1ccc(Cl)nc1. The van der Waals surface area contributed by atoms with E-state index in [0.717, 1.165) is 42.3 Å². The zero-order chi connectivity index (χ0) is 18.6. The quantitative estimate of drug-likeness (QED) is 0.305. The van der Waals surface area contributed by atoms with Gasteiger partial charge in [0.2, 0.25) is 0 Å². The van der Waals surface area contributed by atoms with Gasteiger partial charge in [-0.2, -0.15) is 0 Å². The van der Waals surface area contributed by atoms with Crippen LogP contribution in [0.5, 0.6) is 5.75 Å². The minimum atomic E-state index is 0.480. The predicted octanol–water partition coefficient (Wildman–Crippen LogP) is 3.60. The van der Waals surface area contributed by atoms with Gasteiger partial charge in [-0.25, -0.2) is 9.98 Å². The van der Waals surface area contributed by atoms with Crippen molar-refractivity contribution in [2.75, 3.05) is 19.7 Å². The Morgan fingerprint density at radius 2 is 2.12 bits per heavy atom. The van der Waals surface area contributed by atoms with Crippen molar-refractivity contribution < 1.29 is 4.74 Å². The number of pyridine rings is 1. The highest BCUT2D eigenvalue weighted by Gasteiger charge is 2.03. The summed E-state index contributed by atoms with van der Waals surface area (Å²) in [7, 11) is 0. The fourth-order valence-electron chi connectivity index (χ4n) is 2.31. The topological polar surface area (TPSA) is 58.5 Å². The van der Waals surface area contributed by atoms with Crippen LogP contribution < -0.4 is 15.4 Å². The Morgan fingerprint density at radius 1 is 1.27 bits per heavy atom. The first-order valence-electron chi connectivity index (χ1n) is 8.67. The largest absolute Gasteiger partial charge is 0.489 e. The Labute approximate surface area is 160 Å². The molecule has 2 N–H and O–H groups in total. The number of para-hydroxylation sites is 1. The van der Waals surface area contributed by atoms with Gasteiger partial charge in [-0.05, 0) is 31.0 Å². The first-order valence-corrected chi connectivity index (χ1v) is 9.05. The molecule has 0 aliphatic carbocycles. The fraction of sp³-hybridized carbons (Fsp3) is 0.300. The van der Waals surface area contributed by atoms with Crippen LogP contribution in [0.25, 0.3) is 0 Å². The molecule has 1 aromatic carbocycles. The van der Waals surface area contributed by atoms with Gasteiger partial charge >= 0.3 is 0 Å². The van der Waals surface area contributed by atoms with Crippen LogP contribution in [-0.4, -0.2) is 30.6 Å². The molecule has 2 rings (SSSR count). The van der Waals surface area contributed by atoms with Crippen molar-refractivity contribution in [3.05, 3.63) is 71.5 Å². The molecule has 2 aromatic rings. The van der Waals surface area contributed by atoms with Gasteiger partial charge in [0, 0.05) is 24.8 Å². The Hall–Kier alpha value is -2.53. The number of ether oxygens (including phenoxy) is 1. The van der Waals surface area contributed by atoms with Crippen molar-refractivity contribution in [3.8, 4) is 5.75 Å². The number of guanidine groups is 1. The van der Waals surface area contributed by atoms with Gasteiger partial charge in [-0.15, -0.1) is 0 Å². The van der Waals surface area contributed by atoms with Gasteiger partial charge < -0.3 is 15.4 Å². The number of rotatable bonds is 9. The summed E-state index contributed by atoms with van der Waals surface area (Å²) in [5.41, 5.74) is 2.16. The van der Waals surface area contributed by atoms with Crippen molar-refractivity contribution in [3.63, 3.8) is 0 Å². The number of halogens is 1. The van der Waals surface area contributed by atoms with Crippen LogP contribution in [0.3, 0.4) is 0 Å². The van der Waals surface area contributed by atoms with Gasteiger partial charge in [0.1, 0.15) is 17.5 Å². The predicted molar refractivity (Wildman–Crippen MR) is 108 cm³/mol. The second-order valence-electron chi connectivity index (χ2n) is 5.57. The third-order valence-electron chi connectivity index (χ3n) is 3.58. The summed E-state index contributed by atoms with van der Waals surface area (Å²) in [6, 6.07) is 11.7. The second-order valence-corrected chi connectivity index (χ2v) is 5.96. The standard InChI is InChI=1S/C20H25ClN4O/c1-3-13-26-18-8-6-5-7-17(18)15-25-20(22-4-2)23-12-11-16-9-10-19(21)24-14-16/h3,5-10,14H,1,4,11-13,15H2,2H3,(H2,22,23,25). The molecule has 0 saturated carbocycles. The highest BCUT2D eigenvalue weighted by molar-refractivity contribution is 6.29. The zero-order valence-corrected chi connectivity index (χ0v) is 15.8. The summed E-state index contributed by atoms with van der Waals surface area (Å²) < 4.78 is 5.68. The molecular formula is C20H25ClN4O. The lowest BCUT2D eigenvalue weighted by atomic mass is 10.2. The number of hydrogen-bond acceptors (Lipinski definition) is 3. The van der Waals surface area contributed by atoms with Crippen molar-refractivity contribution in [1.29, 1.82) is 0 Å². The van der Waals surface area contributed by atoms with E-state index in [1.165, 1.54) is 0 Å². The molecule has 0 aliphatic rings. The number of aromatic nitrogens is 1. The van der Waals surface area contributed by atoms with Crippen LogP contribution in [0, 0.1) is 0 Å². The van der Waals surface area contributed by atoms with Crippen LogP contribution in [0.15, 0.2) is 60.2 Å². The second kappa shape index (κ2) is 11.2. The van der Waals surface area contributed by atoms with Crippen molar-refractivity contribution in [2.24, 2.45) is 4.99 Å². The molecule has 26 heavy (non-hydrogen) atoms. The van der Waals surface area contributed by atoms with E-state index in [1.54, 1.807) is 18.3 Å². The van der Waals surface area contributed by atoms with E-state index in [9.17, 15) is 0 Å². The molecule has 0 atom stereocenters. The normalized spacial score (nSPS) is 11.1. The average molecular weight is 373 g/mol. The van der Waals surface area contributed by atoms with E-state index in [1.807, 2.05) is 37.3 Å². The van der Waals surface area contributed by atoms with E-state index in [2.05, 4.69) is 27.2 Å². The van der Waals surface area contributed by atoms with Crippen molar-refractivity contribution in [2.45, 2.75) is 19.9 Å². The van der Waals surface area contributed by atoms with Crippen LogP contribution >= 0.6 is 11.6 Å². The lowest BCUT2D eigenvalue weighted by Crippen LogP contribution is -2.38. The van der Waals surface area contributed by atoms with Gasteiger partial charge in [-0.3, -0.25) is 0 Å². The fourth-order valence-corrected chi connectivity index (χ4v) is 2.42.